The first-order valence-electron chi connectivity index (χ1n) is 8.85. The van der Waals surface area contributed by atoms with E-state index in [9.17, 15) is 9.00 Å². The topological polar surface area (TPSA) is 84.0 Å². The third-order valence-corrected chi connectivity index (χ3v) is 4.69. The van der Waals surface area contributed by atoms with Crippen LogP contribution in [0.25, 0.3) is 27.7 Å². The molecule has 0 spiro atoms. The average molecular weight is 407 g/mol. The number of hydrazine groups is 1. The lowest BCUT2D eigenvalue weighted by atomic mass is 10.0. The van der Waals surface area contributed by atoms with Crippen molar-refractivity contribution >= 4 is 38.0 Å². The Hall–Kier alpha value is -3.29. The van der Waals surface area contributed by atoms with Gasteiger partial charge in [0.25, 0.3) is 5.91 Å². The van der Waals surface area contributed by atoms with E-state index < -0.39 is 15.6 Å². The molecule has 0 aliphatic rings. The number of benzene rings is 1. The van der Waals surface area contributed by atoms with Gasteiger partial charge in [-0.15, -0.1) is 0 Å². The summed E-state index contributed by atoms with van der Waals surface area (Å²) in [5.74, 6) is 3.02. The molecule has 0 saturated heterocycles. The Morgan fingerprint density at radius 2 is 1.93 bits per heavy atom. The van der Waals surface area contributed by atoms with Crippen molar-refractivity contribution in [2.75, 3.05) is 6.26 Å². The molecular weight excluding hydrogens is 384 g/mol. The maximum Gasteiger partial charge on any atom is 0.266 e. The highest BCUT2D eigenvalue weighted by molar-refractivity contribution is 7.97. The third kappa shape index (κ3) is 4.96. The third-order valence-electron chi connectivity index (χ3n) is 4.15. The average Bonchev–Trinajstić information content (AvgIpc) is 2.71. The highest BCUT2D eigenvalue weighted by Crippen LogP contribution is 2.26. The second-order valence-corrected chi connectivity index (χ2v) is 8.83. The molecule has 1 amide bonds. The maximum atomic E-state index is 12.7. The largest absolute Gasteiger partial charge is 0.276 e. The molecule has 0 aliphatic carbocycles. The molecule has 2 N–H and O–H groups in total. The highest BCUT2D eigenvalue weighted by Gasteiger charge is 2.15. The minimum atomic E-state index is -2.59. The van der Waals surface area contributed by atoms with E-state index in [0.29, 0.717) is 22.2 Å². The molecule has 6 nitrogen and oxygen atoms in total. The maximum absolute atomic E-state index is 12.7. The summed E-state index contributed by atoms with van der Waals surface area (Å²) >= 11 is 0. The Labute approximate surface area is 170 Å². The molecule has 7 heteroatoms. The summed E-state index contributed by atoms with van der Waals surface area (Å²) in [6.45, 7) is 5.98. The molecule has 0 saturated carbocycles. The van der Waals surface area contributed by atoms with Crippen LogP contribution in [-0.2, 0) is 9.71 Å². The summed E-state index contributed by atoms with van der Waals surface area (Å²) in [6, 6.07) is 11.2. The van der Waals surface area contributed by atoms with Crippen LogP contribution in [0.3, 0.4) is 0 Å². The number of nitrogens with zero attached hydrogens (tertiary/aromatic N) is 2. The van der Waals surface area contributed by atoms with Crippen LogP contribution in [0.4, 0.5) is 0 Å². The van der Waals surface area contributed by atoms with Gasteiger partial charge in [-0.05, 0) is 36.1 Å². The number of nitrogens with one attached hydrogen (secondary N) is 2. The molecule has 0 bridgehead atoms. The lowest BCUT2D eigenvalue weighted by Crippen LogP contribution is -2.40. The van der Waals surface area contributed by atoms with Crippen LogP contribution in [0.2, 0.25) is 0 Å². The fraction of sp³-hybridized carbons (Fsp3) is 0.0909. The Bertz CT molecular complexity index is 1210. The predicted molar refractivity (Wildman–Crippen MR) is 121 cm³/mol. The quantitative estimate of drug-likeness (QED) is 0.373. The van der Waals surface area contributed by atoms with Crippen molar-refractivity contribution in [2.45, 2.75) is 6.92 Å². The molecule has 1 aromatic carbocycles. The van der Waals surface area contributed by atoms with Crippen molar-refractivity contribution < 1.29 is 9.00 Å². The summed E-state index contributed by atoms with van der Waals surface area (Å²) < 4.78 is 11.7. The van der Waals surface area contributed by atoms with E-state index in [0.717, 1.165) is 16.7 Å². The molecule has 3 aromatic rings. The van der Waals surface area contributed by atoms with Crippen molar-refractivity contribution in [3.8, 4) is 11.3 Å². The number of carbonyl (C=O) groups excluding carboxylic acids is 1. The second kappa shape index (κ2) is 8.38. The highest BCUT2D eigenvalue weighted by atomic mass is 32.2. The van der Waals surface area contributed by atoms with Gasteiger partial charge in [-0.3, -0.25) is 19.4 Å². The van der Waals surface area contributed by atoms with E-state index in [2.05, 4.69) is 32.7 Å². The number of rotatable bonds is 6. The van der Waals surface area contributed by atoms with Gasteiger partial charge in [0.2, 0.25) is 0 Å². The lowest BCUT2D eigenvalue weighted by Gasteiger charge is -2.12. The molecule has 2 aromatic heterocycles. The minimum absolute atomic E-state index is 0.372. The molecule has 1 atom stereocenters. The zero-order valence-electron chi connectivity index (χ0n) is 16.3. The number of hydrogen-bond donors (Lipinski definition) is 2. The molecule has 0 aliphatic heterocycles. The molecule has 0 radical (unpaired) electrons. The van der Waals surface area contributed by atoms with Gasteiger partial charge in [-0.2, -0.15) is 4.83 Å². The zero-order chi connectivity index (χ0) is 21.0. The van der Waals surface area contributed by atoms with Crippen LogP contribution >= 0.6 is 0 Å². The Morgan fingerprint density at radius 3 is 2.59 bits per heavy atom. The Kier molecular flexibility index (Phi) is 5.91. The minimum Gasteiger partial charge on any atom is -0.276 e. The fourth-order valence-electron chi connectivity index (χ4n) is 2.78. The van der Waals surface area contributed by atoms with Gasteiger partial charge in [-0.1, -0.05) is 43.0 Å². The lowest BCUT2D eigenvalue weighted by molar-refractivity contribution is 0.0947. The summed E-state index contributed by atoms with van der Waals surface area (Å²) in [7, 11) is -2.59. The smallest absolute Gasteiger partial charge is 0.266 e. The zero-order valence-corrected chi connectivity index (χ0v) is 17.1. The molecule has 2 heterocycles. The summed E-state index contributed by atoms with van der Waals surface area (Å²) in [5, 5.41) is 0.597. The van der Waals surface area contributed by atoms with Gasteiger partial charge in [0, 0.05) is 39.3 Å². The van der Waals surface area contributed by atoms with Gasteiger partial charge in [0.15, 0.2) is 0 Å². The summed E-state index contributed by atoms with van der Waals surface area (Å²) in [4.78, 5) is 23.9. The number of aromatic nitrogens is 2. The monoisotopic (exact) mass is 406 g/mol. The van der Waals surface area contributed by atoms with E-state index in [1.54, 1.807) is 24.5 Å². The van der Waals surface area contributed by atoms with E-state index in [1.165, 1.54) is 6.26 Å². The number of pyridine rings is 2. The van der Waals surface area contributed by atoms with Crippen molar-refractivity contribution in [3.05, 3.63) is 78.6 Å². The second-order valence-electron chi connectivity index (χ2n) is 6.61. The first-order valence-corrected chi connectivity index (χ1v) is 11.0. The molecule has 3 rings (SSSR count). The van der Waals surface area contributed by atoms with Gasteiger partial charge in [0.05, 0.1) is 16.8 Å². The van der Waals surface area contributed by atoms with Crippen molar-refractivity contribution in [2.24, 2.45) is 0 Å². The number of allylic oxidation sites excluding steroid dienone is 3. The number of hydrogen-bond acceptors (Lipinski definition) is 4. The first kappa shape index (κ1) is 20.4. The van der Waals surface area contributed by atoms with Gasteiger partial charge < -0.3 is 0 Å². The van der Waals surface area contributed by atoms with Crippen LogP contribution in [0.1, 0.15) is 22.8 Å². The molecular formula is C22H22N4O2S. The van der Waals surface area contributed by atoms with Crippen LogP contribution in [-0.4, -0.2) is 32.2 Å². The number of carbonyl (C=O) groups is 1. The van der Waals surface area contributed by atoms with Crippen LogP contribution in [0, 0.1) is 0 Å². The van der Waals surface area contributed by atoms with Crippen molar-refractivity contribution in [1.82, 2.24) is 20.2 Å². The fourth-order valence-corrected chi connectivity index (χ4v) is 3.09. The number of fused-ring (bicyclic) bond motifs is 1. The van der Waals surface area contributed by atoms with Crippen LogP contribution in [0.5, 0.6) is 0 Å². The normalized spacial score (nSPS) is 13.3. The van der Waals surface area contributed by atoms with E-state index in [-0.39, 0.29) is 0 Å². The van der Waals surface area contributed by atoms with Crippen LogP contribution in [0.15, 0.2) is 67.5 Å². The van der Waals surface area contributed by atoms with Crippen LogP contribution < -0.4 is 10.3 Å². The molecule has 29 heavy (non-hydrogen) atoms. The Morgan fingerprint density at radius 1 is 1.21 bits per heavy atom. The van der Waals surface area contributed by atoms with E-state index in [1.807, 2.05) is 43.3 Å². The molecule has 148 valence electrons. The SMILES string of the molecule is C=C(C=CC)c1ccc(-c2cc(C(=O)NNS(=C)(C)=O)c3cnccc3n2)cc1. The van der Waals surface area contributed by atoms with Gasteiger partial charge >= 0.3 is 0 Å². The summed E-state index contributed by atoms with van der Waals surface area (Å²) in [5.41, 5.74) is 6.88. The van der Waals surface area contributed by atoms with Crippen molar-refractivity contribution in [3.63, 3.8) is 0 Å². The van der Waals surface area contributed by atoms with Gasteiger partial charge in [0.1, 0.15) is 0 Å². The number of amides is 1. The van der Waals surface area contributed by atoms with E-state index in [4.69, 9.17) is 0 Å². The summed E-state index contributed by atoms with van der Waals surface area (Å²) in [6.07, 6.45) is 8.49. The van der Waals surface area contributed by atoms with Crippen molar-refractivity contribution in [1.29, 1.82) is 0 Å². The first-order chi connectivity index (χ1) is 13.8. The standard InChI is InChI=1S/C22H22N4O2S/c1-5-6-15(2)16-7-9-17(10-8-16)21-13-18(22(27)25-26-29(3,4)28)19-14-23-12-11-20(19)24-21/h5-14H,2-3H2,1,4H3,(H,25,27)(H,26,28). The molecule has 0 fully saturated rings. The molecule has 1 unspecified atom stereocenters. The Balaban J connectivity index is 2.03. The van der Waals surface area contributed by atoms with E-state index >= 15 is 0 Å². The van der Waals surface area contributed by atoms with Gasteiger partial charge in [-0.25, -0.2) is 4.98 Å². The predicted octanol–water partition coefficient (Wildman–Crippen LogP) is 3.38.